The second kappa shape index (κ2) is 14.4. The molecule has 0 saturated carbocycles. The van der Waals surface area contributed by atoms with Crippen LogP contribution in [0.2, 0.25) is 0 Å². The normalized spacial score (nSPS) is 11.3. The highest BCUT2D eigenvalue weighted by Gasteiger charge is 2.30. The Labute approximate surface area is 190 Å². The van der Waals surface area contributed by atoms with Crippen molar-refractivity contribution in [3.05, 3.63) is 54.1 Å². The van der Waals surface area contributed by atoms with Crippen LogP contribution in [0.4, 0.5) is 18.0 Å². The zero-order chi connectivity index (χ0) is 23.9. The van der Waals surface area contributed by atoms with Gasteiger partial charge in [-0.05, 0) is 35.4 Å². The van der Waals surface area contributed by atoms with Gasteiger partial charge >= 0.3 is 12.3 Å². The summed E-state index contributed by atoms with van der Waals surface area (Å²) in [6.07, 6.45) is -4.87. The van der Waals surface area contributed by atoms with Crippen molar-refractivity contribution in [3.8, 4) is 16.9 Å². The quantitative estimate of drug-likeness (QED) is 0.417. The third-order valence-electron chi connectivity index (χ3n) is 4.28. The molecule has 0 bridgehead atoms. The molecule has 7 nitrogen and oxygen atoms in total. The predicted octanol–water partition coefficient (Wildman–Crippen LogP) is 4.16. The third kappa shape index (κ3) is 10.6. The SMILES string of the molecule is CNC(=O)OCCOCCOCCOCCOc1ccc(-c2cccc(C(F)(F)F)c2)cc1. The van der Waals surface area contributed by atoms with Gasteiger partial charge in [0.05, 0.1) is 45.2 Å². The summed E-state index contributed by atoms with van der Waals surface area (Å²) in [5.41, 5.74) is 0.480. The van der Waals surface area contributed by atoms with Gasteiger partial charge in [-0.3, -0.25) is 0 Å². The molecule has 2 aromatic carbocycles. The minimum absolute atomic E-state index is 0.177. The van der Waals surface area contributed by atoms with E-state index in [1.807, 2.05) is 0 Å². The number of benzene rings is 2. The lowest BCUT2D eigenvalue weighted by molar-refractivity contribution is -0.137. The van der Waals surface area contributed by atoms with Crippen LogP contribution in [0.3, 0.4) is 0 Å². The zero-order valence-electron chi connectivity index (χ0n) is 18.4. The second-order valence-corrected chi connectivity index (χ2v) is 6.67. The topological polar surface area (TPSA) is 75.3 Å². The van der Waals surface area contributed by atoms with Crippen molar-refractivity contribution in [3.63, 3.8) is 0 Å². The first-order valence-electron chi connectivity index (χ1n) is 10.4. The van der Waals surface area contributed by atoms with Crippen LogP contribution in [-0.2, 0) is 25.1 Å². The van der Waals surface area contributed by atoms with E-state index in [1.165, 1.54) is 13.1 Å². The number of rotatable bonds is 14. The van der Waals surface area contributed by atoms with Crippen LogP contribution in [0.1, 0.15) is 5.56 Å². The van der Waals surface area contributed by atoms with E-state index < -0.39 is 17.8 Å². The molecule has 0 fully saturated rings. The average molecular weight is 471 g/mol. The number of alkyl carbamates (subject to hydrolysis) is 1. The molecule has 1 amide bonds. The van der Waals surface area contributed by atoms with Crippen LogP contribution < -0.4 is 10.1 Å². The maximum absolute atomic E-state index is 12.9. The first-order valence-corrected chi connectivity index (χ1v) is 10.4. The Morgan fingerprint density at radius 1 is 0.788 bits per heavy atom. The summed E-state index contributed by atoms with van der Waals surface area (Å²) in [7, 11) is 1.48. The number of amides is 1. The maximum atomic E-state index is 12.9. The standard InChI is InChI=1S/C23H28F3NO6/c1-27-22(28)33-16-14-31-12-10-29-9-11-30-13-15-32-21-7-5-18(6-8-21)19-3-2-4-20(17-19)23(24,25)26/h2-8,17H,9-16H2,1H3,(H,27,28). The van der Waals surface area contributed by atoms with Gasteiger partial charge in [0.25, 0.3) is 0 Å². The molecule has 0 saturated heterocycles. The number of halogens is 3. The van der Waals surface area contributed by atoms with Gasteiger partial charge < -0.3 is 29.0 Å². The van der Waals surface area contributed by atoms with Gasteiger partial charge in [-0.2, -0.15) is 13.2 Å². The van der Waals surface area contributed by atoms with E-state index in [9.17, 15) is 18.0 Å². The van der Waals surface area contributed by atoms with Crippen LogP contribution in [0.25, 0.3) is 11.1 Å². The Bertz CT molecular complexity index is 830. The second-order valence-electron chi connectivity index (χ2n) is 6.67. The molecule has 2 aromatic rings. The highest BCUT2D eigenvalue weighted by Crippen LogP contribution is 2.32. The highest BCUT2D eigenvalue weighted by atomic mass is 19.4. The third-order valence-corrected chi connectivity index (χ3v) is 4.28. The molecule has 0 unspecified atom stereocenters. The number of hydrogen-bond acceptors (Lipinski definition) is 6. The number of nitrogens with one attached hydrogen (secondary N) is 1. The van der Waals surface area contributed by atoms with Gasteiger partial charge in [-0.15, -0.1) is 0 Å². The lowest BCUT2D eigenvalue weighted by Crippen LogP contribution is -2.21. The summed E-state index contributed by atoms with van der Waals surface area (Å²) in [6, 6.07) is 12.0. The van der Waals surface area contributed by atoms with E-state index in [0.29, 0.717) is 63.1 Å². The van der Waals surface area contributed by atoms with Crippen molar-refractivity contribution in [1.82, 2.24) is 5.32 Å². The lowest BCUT2D eigenvalue weighted by atomic mass is 10.0. The van der Waals surface area contributed by atoms with Crippen molar-refractivity contribution in [2.75, 3.05) is 59.9 Å². The average Bonchev–Trinajstić information content (AvgIpc) is 2.81. The molecule has 0 atom stereocenters. The molecule has 182 valence electrons. The molecule has 0 aliphatic carbocycles. The molecular weight excluding hydrogens is 443 g/mol. The minimum atomic E-state index is -4.37. The minimum Gasteiger partial charge on any atom is -0.491 e. The van der Waals surface area contributed by atoms with Crippen LogP contribution in [0.15, 0.2) is 48.5 Å². The van der Waals surface area contributed by atoms with Crippen molar-refractivity contribution >= 4 is 6.09 Å². The van der Waals surface area contributed by atoms with Gasteiger partial charge in [0, 0.05) is 7.05 Å². The van der Waals surface area contributed by atoms with Crippen LogP contribution in [0.5, 0.6) is 5.75 Å². The molecule has 2 rings (SSSR count). The summed E-state index contributed by atoms with van der Waals surface area (Å²) in [5.74, 6) is 0.600. The molecule has 0 aromatic heterocycles. The zero-order valence-corrected chi connectivity index (χ0v) is 18.4. The van der Waals surface area contributed by atoms with E-state index in [1.54, 1.807) is 30.3 Å². The fraction of sp³-hybridized carbons (Fsp3) is 0.435. The van der Waals surface area contributed by atoms with Gasteiger partial charge in [0.1, 0.15) is 19.0 Å². The van der Waals surface area contributed by atoms with Gasteiger partial charge in [-0.25, -0.2) is 4.79 Å². The lowest BCUT2D eigenvalue weighted by Gasteiger charge is -2.10. The molecule has 0 heterocycles. The number of carbonyl (C=O) groups is 1. The van der Waals surface area contributed by atoms with E-state index in [4.69, 9.17) is 23.7 Å². The number of ether oxygens (including phenoxy) is 5. The van der Waals surface area contributed by atoms with Crippen molar-refractivity contribution < 1.29 is 41.7 Å². The highest BCUT2D eigenvalue weighted by molar-refractivity contribution is 5.66. The van der Waals surface area contributed by atoms with Gasteiger partial charge in [0.2, 0.25) is 0 Å². The number of carbonyl (C=O) groups excluding carboxylic acids is 1. The maximum Gasteiger partial charge on any atom is 0.416 e. The Hall–Kier alpha value is -2.82. The summed E-state index contributed by atoms with van der Waals surface area (Å²) in [5, 5.41) is 2.33. The first-order chi connectivity index (χ1) is 15.9. The fourth-order valence-corrected chi connectivity index (χ4v) is 2.64. The smallest absolute Gasteiger partial charge is 0.416 e. The van der Waals surface area contributed by atoms with Crippen LogP contribution in [0, 0.1) is 0 Å². The molecule has 0 aliphatic heterocycles. The Balaban J connectivity index is 1.52. The van der Waals surface area contributed by atoms with Gasteiger partial charge in [-0.1, -0.05) is 24.3 Å². The fourth-order valence-electron chi connectivity index (χ4n) is 2.64. The summed E-state index contributed by atoms with van der Waals surface area (Å²) >= 11 is 0. The predicted molar refractivity (Wildman–Crippen MR) is 115 cm³/mol. The van der Waals surface area contributed by atoms with Crippen molar-refractivity contribution in [2.24, 2.45) is 0 Å². The Kier molecular flexibility index (Phi) is 11.5. The molecule has 0 spiro atoms. The van der Waals surface area contributed by atoms with Crippen LogP contribution >= 0.6 is 0 Å². The Morgan fingerprint density at radius 3 is 1.94 bits per heavy atom. The van der Waals surface area contributed by atoms with E-state index >= 15 is 0 Å². The summed E-state index contributed by atoms with van der Waals surface area (Å²) in [4.78, 5) is 10.8. The summed E-state index contributed by atoms with van der Waals surface area (Å²) in [6.45, 7) is 2.77. The van der Waals surface area contributed by atoms with Crippen molar-refractivity contribution in [2.45, 2.75) is 6.18 Å². The largest absolute Gasteiger partial charge is 0.491 e. The molecule has 10 heteroatoms. The van der Waals surface area contributed by atoms with Gasteiger partial charge in [0.15, 0.2) is 0 Å². The molecule has 0 aliphatic rings. The number of hydrogen-bond donors (Lipinski definition) is 1. The Morgan fingerprint density at radius 2 is 1.36 bits per heavy atom. The molecular formula is C23H28F3NO6. The van der Waals surface area contributed by atoms with E-state index in [2.05, 4.69) is 5.32 Å². The molecule has 0 radical (unpaired) electrons. The van der Waals surface area contributed by atoms with Crippen LogP contribution in [-0.4, -0.2) is 66.0 Å². The molecule has 1 N–H and O–H groups in total. The number of alkyl halides is 3. The van der Waals surface area contributed by atoms with E-state index in [-0.39, 0.29) is 6.61 Å². The monoisotopic (exact) mass is 471 g/mol. The summed E-state index contributed by atoms with van der Waals surface area (Å²) < 4.78 is 64.9. The first kappa shape index (κ1) is 26.4. The van der Waals surface area contributed by atoms with Crippen molar-refractivity contribution in [1.29, 1.82) is 0 Å². The van der Waals surface area contributed by atoms with E-state index in [0.717, 1.165) is 12.1 Å². The molecule has 33 heavy (non-hydrogen) atoms.